The Bertz CT molecular complexity index is 1430. The van der Waals surface area contributed by atoms with Gasteiger partial charge in [0.2, 0.25) is 0 Å². The van der Waals surface area contributed by atoms with E-state index in [1.807, 2.05) is 55.4 Å². The molecule has 0 saturated carbocycles. The summed E-state index contributed by atoms with van der Waals surface area (Å²) in [5, 5.41) is 30.8. The van der Waals surface area contributed by atoms with E-state index in [4.69, 9.17) is 4.74 Å². The van der Waals surface area contributed by atoms with Gasteiger partial charge in [-0.15, -0.1) is 0 Å². The summed E-state index contributed by atoms with van der Waals surface area (Å²) in [5.41, 5.74) is 3.47. The van der Waals surface area contributed by atoms with E-state index in [0.717, 1.165) is 16.8 Å². The number of hydrogen-bond donors (Lipinski definition) is 1. The maximum Gasteiger partial charge on any atom is 0.148 e. The number of rotatable bonds is 7. The first kappa shape index (κ1) is 23.6. The number of benzene rings is 3. The van der Waals surface area contributed by atoms with E-state index in [9.17, 15) is 15.6 Å². The zero-order valence-electron chi connectivity index (χ0n) is 19.8. The summed E-state index contributed by atoms with van der Waals surface area (Å²) in [5.74, 6) is 0.711. The number of hydrogen-bond acceptors (Lipinski definition) is 6. The standard InChI is InChI=1S/C28H25N5O2/c1-32(26-12-9-21(16-30)13-25(26)22-5-4-6-24(14-22)35-3)18-28(34,27-17-31-19-33(27)2)23-10-7-20(15-29)8-11-23/h4-14,17,19,34H,18H2,1-3H3. The van der Waals surface area contributed by atoms with E-state index < -0.39 is 5.60 Å². The van der Waals surface area contributed by atoms with Gasteiger partial charge in [-0.25, -0.2) is 4.98 Å². The van der Waals surface area contributed by atoms with Crippen LogP contribution in [0.2, 0.25) is 0 Å². The Balaban J connectivity index is 1.81. The molecule has 7 heteroatoms. The summed E-state index contributed by atoms with van der Waals surface area (Å²) < 4.78 is 7.19. The molecular formula is C28H25N5O2. The number of anilines is 1. The molecule has 3 aromatic carbocycles. The molecule has 0 radical (unpaired) electrons. The quantitative estimate of drug-likeness (QED) is 0.441. The predicted octanol–water partition coefficient (Wildman–Crippen LogP) is 4.21. The Kier molecular flexibility index (Phi) is 6.55. The monoisotopic (exact) mass is 463 g/mol. The topological polar surface area (TPSA) is 98.1 Å². The molecule has 0 saturated heterocycles. The summed E-state index contributed by atoms with van der Waals surface area (Å²) >= 11 is 0. The highest BCUT2D eigenvalue weighted by Crippen LogP contribution is 2.37. The lowest BCUT2D eigenvalue weighted by molar-refractivity contribution is 0.0812. The van der Waals surface area contributed by atoms with Crippen LogP contribution in [0.4, 0.5) is 5.69 Å². The number of aromatic nitrogens is 2. The van der Waals surface area contributed by atoms with E-state index in [-0.39, 0.29) is 6.54 Å². The first-order valence-corrected chi connectivity index (χ1v) is 11.0. The zero-order valence-corrected chi connectivity index (χ0v) is 19.8. The minimum absolute atomic E-state index is 0.196. The molecule has 1 heterocycles. The van der Waals surface area contributed by atoms with E-state index in [2.05, 4.69) is 17.1 Å². The molecule has 35 heavy (non-hydrogen) atoms. The Labute approximate surface area is 204 Å². The summed E-state index contributed by atoms with van der Waals surface area (Å²) in [6.07, 6.45) is 3.29. The highest BCUT2D eigenvalue weighted by atomic mass is 16.5. The number of methoxy groups -OCH3 is 1. The van der Waals surface area contributed by atoms with Crippen LogP contribution >= 0.6 is 0 Å². The van der Waals surface area contributed by atoms with Crippen LogP contribution in [0.15, 0.2) is 79.3 Å². The van der Waals surface area contributed by atoms with Crippen LogP contribution in [-0.2, 0) is 12.6 Å². The van der Waals surface area contributed by atoms with Gasteiger partial charge >= 0.3 is 0 Å². The molecule has 7 nitrogen and oxygen atoms in total. The Morgan fingerprint density at radius 3 is 2.37 bits per heavy atom. The smallest absolute Gasteiger partial charge is 0.148 e. The Hall–Kier alpha value is -4.59. The summed E-state index contributed by atoms with van der Waals surface area (Å²) in [7, 11) is 5.35. The number of likely N-dealkylation sites (N-methyl/N-ethyl adjacent to an activating group) is 1. The number of imidazole rings is 1. The number of aliphatic hydroxyl groups is 1. The molecule has 0 aliphatic heterocycles. The molecule has 4 aromatic rings. The van der Waals surface area contributed by atoms with Crippen LogP contribution in [0.3, 0.4) is 0 Å². The van der Waals surface area contributed by atoms with E-state index in [0.29, 0.717) is 28.1 Å². The fourth-order valence-corrected chi connectivity index (χ4v) is 4.29. The average molecular weight is 464 g/mol. The van der Waals surface area contributed by atoms with Gasteiger partial charge in [0.15, 0.2) is 0 Å². The highest BCUT2D eigenvalue weighted by Gasteiger charge is 2.36. The van der Waals surface area contributed by atoms with Crippen LogP contribution < -0.4 is 9.64 Å². The zero-order chi connectivity index (χ0) is 25.0. The van der Waals surface area contributed by atoms with Gasteiger partial charge in [0.1, 0.15) is 11.4 Å². The van der Waals surface area contributed by atoms with Gasteiger partial charge in [0.25, 0.3) is 0 Å². The van der Waals surface area contributed by atoms with Gasteiger partial charge in [-0.1, -0.05) is 24.3 Å². The summed E-state index contributed by atoms with van der Waals surface area (Å²) in [6.45, 7) is 0.196. The highest BCUT2D eigenvalue weighted by molar-refractivity contribution is 5.80. The normalized spacial score (nSPS) is 12.3. The molecule has 0 amide bonds. The molecule has 0 fully saturated rings. The average Bonchev–Trinajstić information content (AvgIpc) is 3.34. The molecule has 0 spiro atoms. The number of nitrogens with zero attached hydrogens (tertiary/aromatic N) is 5. The van der Waals surface area contributed by atoms with Crippen LogP contribution in [0.5, 0.6) is 5.75 Å². The third-order valence-corrected chi connectivity index (χ3v) is 6.12. The Morgan fingerprint density at radius 2 is 1.74 bits per heavy atom. The minimum atomic E-state index is -1.42. The van der Waals surface area contributed by atoms with Crippen molar-refractivity contribution in [2.75, 3.05) is 25.6 Å². The molecule has 0 bridgehead atoms. The minimum Gasteiger partial charge on any atom is -0.497 e. The molecule has 0 aliphatic carbocycles. The largest absolute Gasteiger partial charge is 0.497 e. The molecule has 1 atom stereocenters. The van der Waals surface area contributed by atoms with Gasteiger partial charge in [0.05, 0.1) is 55.1 Å². The molecule has 4 rings (SSSR count). The first-order chi connectivity index (χ1) is 16.9. The second-order valence-electron chi connectivity index (χ2n) is 8.37. The second kappa shape index (κ2) is 9.72. The van der Waals surface area contributed by atoms with Crippen molar-refractivity contribution in [2.45, 2.75) is 5.60 Å². The lowest BCUT2D eigenvalue weighted by Crippen LogP contribution is -2.41. The van der Waals surface area contributed by atoms with E-state index in [1.54, 1.807) is 54.5 Å². The van der Waals surface area contributed by atoms with Gasteiger partial charge in [-0.2, -0.15) is 10.5 Å². The van der Waals surface area contributed by atoms with Gasteiger partial charge in [0, 0.05) is 25.3 Å². The van der Waals surface area contributed by atoms with Crippen molar-refractivity contribution in [3.05, 3.63) is 102 Å². The molecule has 174 valence electrons. The SMILES string of the molecule is COc1cccc(-c2cc(C#N)ccc2N(C)CC(O)(c2ccc(C#N)cc2)c2cncn2C)c1. The van der Waals surface area contributed by atoms with Crippen molar-refractivity contribution in [2.24, 2.45) is 7.05 Å². The fraction of sp³-hybridized carbons (Fsp3) is 0.179. The van der Waals surface area contributed by atoms with E-state index >= 15 is 0 Å². The fourth-order valence-electron chi connectivity index (χ4n) is 4.29. The lowest BCUT2D eigenvalue weighted by atomic mass is 9.88. The van der Waals surface area contributed by atoms with Crippen LogP contribution in [-0.4, -0.2) is 35.4 Å². The van der Waals surface area contributed by atoms with Crippen molar-refractivity contribution >= 4 is 5.69 Å². The third-order valence-electron chi connectivity index (χ3n) is 6.12. The molecular weight excluding hydrogens is 438 g/mol. The number of aryl methyl sites for hydroxylation is 1. The molecule has 1 unspecified atom stereocenters. The van der Waals surface area contributed by atoms with Crippen molar-refractivity contribution in [1.29, 1.82) is 10.5 Å². The number of ether oxygens (including phenoxy) is 1. The van der Waals surface area contributed by atoms with Crippen LogP contribution in [0, 0.1) is 22.7 Å². The first-order valence-electron chi connectivity index (χ1n) is 11.0. The van der Waals surface area contributed by atoms with Crippen LogP contribution in [0.1, 0.15) is 22.4 Å². The second-order valence-corrected chi connectivity index (χ2v) is 8.37. The van der Waals surface area contributed by atoms with Crippen molar-refractivity contribution in [3.8, 4) is 29.0 Å². The molecule has 1 N–H and O–H groups in total. The predicted molar refractivity (Wildman–Crippen MR) is 134 cm³/mol. The lowest BCUT2D eigenvalue weighted by Gasteiger charge is -2.35. The van der Waals surface area contributed by atoms with Crippen molar-refractivity contribution in [3.63, 3.8) is 0 Å². The summed E-state index contributed by atoms with van der Waals surface area (Å²) in [6, 6.07) is 24.4. The van der Waals surface area contributed by atoms with Crippen molar-refractivity contribution < 1.29 is 9.84 Å². The van der Waals surface area contributed by atoms with Gasteiger partial charge in [-0.3, -0.25) is 0 Å². The Morgan fingerprint density at radius 1 is 1.03 bits per heavy atom. The maximum absolute atomic E-state index is 12.1. The summed E-state index contributed by atoms with van der Waals surface area (Å²) in [4.78, 5) is 6.18. The van der Waals surface area contributed by atoms with Gasteiger partial charge < -0.3 is 19.3 Å². The van der Waals surface area contributed by atoms with E-state index in [1.165, 1.54) is 0 Å². The van der Waals surface area contributed by atoms with Gasteiger partial charge in [-0.05, 0) is 53.6 Å². The molecule has 0 aliphatic rings. The molecule has 1 aromatic heterocycles. The number of nitriles is 2. The maximum atomic E-state index is 12.1. The van der Waals surface area contributed by atoms with Crippen molar-refractivity contribution in [1.82, 2.24) is 9.55 Å². The third kappa shape index (κ3) is 4.59. The van der Waals surface area contributed by atoms with Crippen LogP contribution in [0.25, 0.3) is 11.1 Å².